The molecule has 0 aromatic carbocycles. The van der Waals surface area contributed by atoms with Gasteiger partial charge in [-0.05, 0) is 30.7 Å². The number of rotatable bonds is 8. The van der Waals surface area contributed by atoms with Gasteiger partial charge in [-0.1, -0.05) is 19.1 Å². The Hall–Kier alpha value is -1.30. The Morgan fingerprint density at radius 3 is 3.05 bits per heavy atom. The summed E-state index contributed by atoms with van der Waals surface area (Å²) < 4.78 is 5.66. The Morgan fingerprint density at radius 2 is 2.29 bits per heavy atom. The second kappa shape index (κ2) is 8.87. The molecule has 0 saturated heterocycles. The van der Waals surface area contributed by atoms with Crippen LogP contribution in [0.1, 0.15) is 25.5 Å². The Labute approximate surface area is 126 Å². The van der Waals surface area contributed by atoms with Gasteiger partial charge in [0.05, 0.1) is 25.0 Å². The summed E-state index contributed by atoms with van der Waals surface area (Å²) in [5.41, 5.74) is 0.918. The zero-order valence-corrected chi connectivity index (χ0v) is 12.6. The SMILES string of the molecule is CC1CC=CCC1COCC(O)CNCc1ccncn1. The van der Waals surface area contributed by atoms with E-state index in [1.54, 1.807) is 6.20 Å². The molecule has 2 N–H and O–H groups in total. The summed E-state index contributed by atoms with van der Waals surface area (Å²) in [4.78, 5) is 7.98. The molecule has 1 aliphatic rings. The summed E-state index contributed by atoms with van der Waals surface area (Å²) in [6, 6.07) is 1.86. The fourth-order valence-electron chi connectivity index (χ4n) is 2.44. The van der Waals surface area contributed by atoms with Gasteiger partial charge in [0.25, 0.3) is 0 Å². The first-order chi connectivity index (χ1) is 10.3. The maximum atomic E-state index is 9.89. The molecule has 1 aromatic heterocycles. The van der Waals surface area contributed by atoms with Crippen molar-refractivity contribution < 1.29 is 9.84 Å². The molecule has 1 aromatic rings. The minimum atomic E-state index is -0.485. The predicted molar refractivity (Wildman–Crippen MR) is 81.6 cm³/mol. The van der Waals surface area contributed by atoms with Gasteiger partial charge in [-0.2, -0.15) is 0 Å². The van der Waals surface area contributed by atoms with Crippen molar-refractivity contribution in [1.29, 1.82) is 0 Å². The van der Waals surface area contributed by atoms with Crippen molar-refractivity contribution >= 4 is 0 Å². The van der Waals surface area contributed by atoms with E-state index in [9.17, 15) is 5.11 Å². The van der Waals surface area contributed by atoms with E-state index in [1.807, 2.05) is 6.07 Å². The zero-order chi connectivity index (χ0) is 14.9. The fraction of sp³-hybridized carbons (Fsp3) is 0.625. The van der Waals surface area contributed by atoms with Crippen LogP contribution in [-0.4, -0.2) is 40.9 Å². The average Bonchev–Trinajstić information content (AvgIpc) is 2.50. The Bertz CT molecular complexity index is 425. The van der Waals surface area contributed by atoms with Crippen LogP contribution in [0.3, 0.4) is 0 Å². The van der Waals surface area contributed by atoms with E-state index in [0.717, 1.165) is 25.1 Å². The van der Waals surface area contributed by atoms with E-state index in [4.69, 9.17) is 4.74 Å². The average molecular weight is 291 g/mol. The van der Waals surface area contributed by atoms with Crippen molar-refractivity contribution in [1.82, 2.24) is 15.3 Å². The van der Waals surface area contributed by atoms with Crippen molar-refractivity contribution in [3.8, 4) is 0 Å². The van der Waals surface area contributed by atoms with Crippen LogP contribution in [-0.2, 0) is 11.3 Å². The molecule has 2 rings (SSSR count). The maximum absolute atomic E-state index is 9.89. The van der Waals surface area contributed by atoms with Crippen LogP contribution < -0.4 is 5.32 Å². The summed E-state index contributed by atoms with van der Waals surface area (Å²) in [5.74, 6) is 1.25. The third-order valence-electron chi connectivity index (χ3n) is 3.89. The van der Waals surface area contributed by atoms with Crippen LogP contribution in [0.2, 0.25) is 0 Å². The Kier molecular flexibility index (Phi) is 6.79. The lowest BCUT2D eigenvalue weighted by atomic mass is 9.85. The number of hydrogen-bond acceptors (Lipinski definition) is 5. The number of ether oxygens (including phenoxy) is 1. The monoisotopic (exact) mass is 291 g/mol. The van der Waals surface area contributed by atoms with Gasteiger partial charge in [0, 0.05) is 19.3 Å². The molecular weight excluding hydrogens is 266 g/mol. The normalized spacial score (nSPS) is 23.1. The molecule has 5 heteroatoms. The highest BCUT2D eigenvalue weighted by atomic mass is 16.5. The van der Waals surface area contributed by atoms with E-state index in [-0.39, 0.29) is 0 Å². The fourth-order valence-corrected chi connectivity index (χ4v) is 2.44. The Morgan fingerprint density at radius 1 is 1.43 bits per heavy atom. The summed E-state index contributed by atoms with van der Waals surface area (Å²) in [6.45, 7) is 4.50. The highest BCUT2D eigenvalue weighted by Crippen LogP contribution is 2.24. The molecule has 3 atom stereocenters. The second-order valence-electron chi connectivity index (χ2n) is 5.70. The van der Waals surface area contributed by atoms with Gasteiger partial charge in [0.2, 0.25) is 0 Å². The number of aliphatic hydroxyl groups is 1. The smallest absolute Gasteiger partial charge is 0.115 e. The molecule has 0 radical (unpaired) electrons. The number of nitrogens with zero attached hydrogens (tertiary/aromatic N) is 2. The molecule has 0 spiro atoms. The van der Waals surface area contributed by atoms with Gasteiger partial charge < -0.3 is 15.2 Å². The van der Waals surface area contributed by atoms with Gasteiger partial charge in [0.1, 0.15) is 6.33 Å². The van der Waals surface area contributed by atoms with Crippen LogP contribution in [0.25, 0.3) is 0 Å². The molecular formula is C16H25N3O2. The minimum Gasteiger partial charge on any atom is -0.389 e. The first-order valence-electron chi connectivity index (χ1n) is 7.62. The highest BCUT2D eigenvalue weighted by Gasteiger charge is 2.18. The lowest BCUT2D eigenvalue weighted by molar-refractivity contribution is 0.0127. The standard InChI is InChI=1S/C16H25N3O2/c1-13-4-2-3-5-14(13)10-21-11-16(20)9-18-8-15-6-7-17-12-19-15/h2-3,6-7,12-14,16,18,20H,4-5,8-11H2,1H3. The van der Waals surface area contributed by atoms with Crippen molar-refractivity contribution in [3.63, 3.8) is 0 Å². The molecule has 116 valence electrons. The van der Waals surface area contributed by atoms with Crippen molar-refractivity contribution in [2.24, 2.45) is 11.8 Å². The highest BCUT2D eigenvalue weighted by molar-refractivity contribution is 4.97. The third kappa shape index (κ3) is 5.91. The van der Waals surface area contributed by atoms with Crippen LogP contribution in [0, 0.1) is 11.8 Å². The number of aliphatic hydroxyl groups excluding tert-OH is 1. The number of aromatic nitrogens is 2. The van der Waals surface area contributed by atoms with Gasteiger partial charge in [-0.3, -0.25) is 0 Å². The number of hydrogen-bond donors (Lipinski definition) is 2. The molecule has 0 fully saturated rings. The van der Waals surface area contributed by atoms with E-state index in [2.05, 4.69) is 34.4 Å². The maximum Gasteiger partial charge on any atom is 0.115 e. The summed E-state index contributed by atoms with van der Waals surface area (Å²) >= 11 is 0. The Balaban J connectivity index is 1.55. The topological polar surface area (TPSA) is 67.3 Å². The van der Waals surface area contributed by atoms with E-state index >= 15 is 0 Å². The second-order valence-corrected chi connectivity index (χ2v) is 5.70. The molecule has 0 amide bonds. The molecule has 0 aliphatic heterocycles. The number of allylic oxidation sites excluding steroid dienone is 2. The van der Waals surface area contributed by atoms with Crippen LogP contribution in [0.15, 0.2) is 30.7 Å². The lowest BCUT2D eigenvalue weighted by Gasteiger charge is -2.25. The third-order valence-corrected chi connectivity index (χ3v) is 3.89. The van der Waals surface area contributed by atoms with Crippen molar-refractivity contribution in [2.75, 3.05) is 19.8 Å². The molecule has 21 heavy (non-hydrogen) atoms. The molecule has 1 aliphatic carbocycles. The van der Waals surface area contributed by atoms with Gasteiger partial charge in [0.15, 0.2) is 0 Å². The molecule has 0 saturated carbocycles. The first kappa shape index (κ1) is 16.1. The molecule has 3 unspecified atom stereocenters. The van der Waals surface area contributed by atoms with Gasteiger partial charge >= 0.3 is 0 Å². The van der Waals surface area contributed by atoms with E-state index < -0.39 is 6.10 Å². The zero-order valence-electron chi connectivity index (χ0n) is 12.6. The van der Waals surface area contributed by atoms with E-state index in [0.29, 0.717) is 31.5 Å². The molecule has 1 heterocycles. The quantitative estimate of drug-likeness (QED) is 0.711. The minimum absolute atomic E-state index is 0.379. The first-order valence-corrected chi connectivity index (χ1v) is 7.62. The van der Waals surface area contributed by atoms with Gasteiger partial charge in [-0.25, -0.2) is 9.97 Å². The predicted octanol–water partition coefficient (Wildman–Crippen LogP) is 1.55. The van der Waals surface area contributed by atoms with Crippen LogP contribution in [0.4, 0.5) is 0 Å². The van der Waals surface area contributed by atoms with Crippen molar-refractivity contribution in [3.05, 3.63) is 36.4 Å². The number of nitrogens with one attached hydrogen (secondary N) is 1. The summed E-state index contributed by atoms with van der Waals surface area (Å²) in [5, 5.41) is 13.1. The van der Waals surface area contributed by atoms with Crippen LogP contribution >= 0.6 is 0 Å². The largest absolute Gasteiger partial charge is 0.389 e. The van der Waals surface area contributed by atoms with Crippen LogP contribution in [0.5, 0.6) is 0 Å². The van der Waals surface area contributed by atoms with Gasteiger partial charge in [-0.15, -0.1) is 0 Å². The van der Waals surface area contributed by atoms with E-state index in [1.165, 1.54) is 6.33 Å². The summed E-state index contributed by atoms with van der Waals surface area (Å²) in [7, 11) is 0. The molecule has 0 bridgehead atoms. The van der Waals surface area contributed by atoms with Crippen molar-refractivity contribution in [2.45, 2.75) is 32.4 Å². The summed E-state index contributed by atoms with van der Waals surface area (Å²) in [6.07, 6.45) is 9.45. The lowest BCUT2D eigenvalue weighted by Crippen LogP contribution is -2.31. The molecule has 5 nitrogen and oxygen atoms in total.